The number of amides is 1. The maximum Gasteiger partial charge on any atom is 0.410 e. The summed E-state index contributed by atoms with van der Waals surface area (Å²) in [6.45, 7) is 6.12. The lowest BCUT2D eigenvalue weighted by atomic mass is 10.2. The van der Waals surface area contributed by atoms with Crippen molar-refractivity contribution < 1.29 is 14.1 Å². The lowest BCUT2D eigenvalue weighted by Gasteiger charge is -2.26. The molecule has 1 aromatic carbocycles. The average Bonchev–Trinajstić information content (AvgIpc) is 3.41. The van der Waals surface area contributed by atoms with E-state index in [1.54, 1.807) is 29.3 Å². The van der Waals surface area contributed by atoms with E-state index in [0.29, 0.717) is 29.0 Å². The summed E-state index contributed by atoms with van der Waals surface area (Å²) in [7, 11) is 0. The van der Waals surface area contributed by atoms with E-state index in [0.717, 1.165) is 24.0 Å². The fraction of sp³-hybridized carbons (Fsp3) is 0.333. The number of likely N-dealkylation sites (tertiary alicyclic amines) is 1. The summed E-state index contributed by atoms with van der Waals surface area (Å²) < 4.78 is 11.0. The third-order valence-corrected chi connectivity index (χ3v) is 5.01. The van der Waals surface area contributed by atoms with Crippen molar-refractivity contribution >= 4 is 17.7 Å². The zero-order valence-electron chi connectivity index (χ0n) is 18.1. The predicted molar refractivity (Wildman–Crippen MR) is 120 cm³/mol. The third kappa shape index (κ3) is 5.27. The molecular formula is C24H23ClN4O3. The molecule has 8 heteroatoms. The van der Waals surface area contributed by atoms with Crippen molar-refractivity contribution in [1.82, 2.24) is 20.0 Å². The summed E-state index contributed by atoms with van der Waals surface area (Å²) >= 11 is 5.99. The van der Waals surface area contributed by atoms with Gasteiger partial charge in [-0.2, -0.15) is 4.98 Å². The Morgan fingerprint density at radius 2 is 2.03 bits per heavy atom. The van der Waals surface area contributed by atoms with Crippen LogP contribution in [0.3, 0.4) is 0 Å². The van der Waals surface area contributed by atoms with Gasteiger partial charge >= 0.3 is 6.09 Å². The van der Waals surface area contributed by atoms with E-state index in [1.165, 1.54) is 0 Å². The van der Waals surface area contributed by atoms with E-state index in [2.05, 4.69) is 27.0 Å². The number of hydrogen-bond donors (Lipinski definition) is 0. The molecule has 2 aromatic heterocycles. The van der Waals surface area contributed by atoms with Gasteiger partial charge < -0.3 is 9.26 Å². The number of pyridine rings is 1. The Balaban J connectivity index is 1.47. The first-order valence-electron chi connectivity index (χ1n) is 10.4. The zero-order chi connectivity index (χ0) is 22.7. The summed E-state index contributed by atoms with van der Waals surface area (Å²) in [5.41, 5.74) is 1.58. The van der Waals surface area contributed by atoms with Crippen molar-refractivity contribution in [2.24, 2.45) is 0 Å². The van der Waals surface area contributed by atoms with Gasteiger partial charge in [0.2, 0.25) is 11.7 Å². The van der Waals surface area contributed by atoms with E-state index >= 15 is 0 Å². The maximum absolute atomic E-state index is 12.5. The van der Waals surface area contributed by atoms with E-state index in [4.69, 9.17) is 20.9 Å². The summed E-state index contributed by atoms with van der Waals surface area (Å²) in [4.78, 5) is 23.1. The number of ether oxygens (including phenoxy) is 1. The van der Waals surface area contributed by atoms with E-state index < -0.39 is 5.60 Å². The van der Waals surface area contributed by atoms with Gasteiger partial charge in [-0.25, -0.2) is 4.79 Å². The zero-order valence-corrected chi connectivity index (χ0v) is 18.9. The normalized spacial score (nSPS) is 15.9. The molecule has 1 fully saturated rings. The average molecular weight is 451 g/mol. The van der Waals surface area contributed by atoms with Gasteiger partial charge in [0.05, 0.1) is 0 Å². The van der Waals surface area contributed by atoms with Gasteiger partial charge in [-0.05, 0) is 63.9 Å². The highest BCUT2D eigenvalue weighted by Gasteiger charge is 2.36. The highest BCUT2D eigenvalue weighted by Crippen LogP contribution is 2.33. The largest absolute Gasteiger partial charge is 0.444 e. The summed E-state index contributed by atoms with van der Waals surface area (Å²) in [6, 6.07) is 10.7. The van der Waals surface area contributed by atoms with Crippen LogP contribution in [0.1, 0.15) is 56.7 Å². The molecule has 4 rings (SSSR count). The van der Waals surface area contributed by atoms with Crippen molar-refractivity contribution in [3.05, 3.63) is 64.6 Å². The van der Waals surface area contributed by atoms with Crippen LogP contribution in [0.15, 0.2) is 47.1 Å². The molecule has 1 amide bonds. The van der Waals surface area contributed by atoms with Crippen molar-refractivity contribution in [3.8, 4) is 23.4 Å². The highest BCUT2D eigenvalue weighted by molar-refractivity contribution is 6.30. The van der Waals surface area contributed by atoms with Crippen LogP contribution in [-0.2, 0) is 4.74 Å². The number of aromatic nitrogens is 3. The Hall–Kier alpha value is -3.37. The molecule has 1 unspecified atom stereocenters. The Bertz CT molecular complexity index is 1170. The number of benzene rings is 1. The number of halogens is 1. The van der Waals surface area contributed by atoms with Gasteiger partial charge in [-0.3, -0.25) is 9.88 Å². The fourth-order valence-electron chi connectivity index (χ4n) is 3.35. The molecule has 1 atom stereocenters. The number of carbonyl (C=O) groups excluding carboxylic acids is 1. The molecular weight excluding hydrogens is 428 g/mol. The molecule has 164 valence electrons. The Labute approximate surface area is 191 Å². The van der Waals surface area contributed by atoms with Crippen LogP contribution in [-0.4, -0.2) is 38.3 Å². The van der Waals surface area contributed by atoms with Crippen LogP contribution in [0, 0.1) is 11.8 Å². The van der Waals surface area contributed by atoms with Gasteiger partial charge in [0.1, 0.15) is 17.3 Å². The van der Waals surface area contributed by atoms with Crippen molar-refractivity contribution in [2.75, 3.05) is 6.54 Å². The second-order valence-electron chi connectivity index (χ2n) is 8.48. The van der Waals surface area contributed by atoms with Crippen molar-refractivity contribution in [2.45, 2.75) is 45.3 Å². The summed E-state index contributed by atoms with van der Waals surface area (Å²) in [5, 5.41) is 4.70. The third-order valence-electron chi connectivity index (χ3n) is 4.78. The fourth-order valence-corrected chi connectivity index (χ4v) is 3.54. The molecule has 1 aliphatic heterocycles. The molecule has 1 saturated heterocycles. The molecule has 0 spiro atoms. The van der Waals surface area contributed by atoms with E-state index in [9.17, 15) is 4.79 Å². The molecule has 3 heterocycles. The smallest absolute Gasteiger partial charge is 0.410 e. The molecule has 0 bridgehead atoms. The van der Waals surface area contributed by atoms with Crippen molar-refractivity contribution in [1.29, 1.82) is 0 Å². The Morgan fingerprint density at radius 1 is 1.22 bits per heavy atom. The van der Waals surface area contributed by atoms with Gasteiger partial charge in [-0.1, -0.05) is 34.7 Å². The lowest BCUT2D eigenvalue weighted by molar-refractivity contribution is 0.0199. The number of nitrogens with zero attached hydrogens (tertiary/aromatic N) is 4. The molecule has 7 nitrogen and oxygen atoms in total. The van der Waals surface area contributed by atoms with Crippen LogP contribution < -0.4 is 0 Å². The van der Waals surface area contributed by atoms with Crippen molar-refractivity contribution in [3.63, 3.8) is 0 Å². The first-order chi connectivity index (χ1) is 15.3. The first-order valence-corrected chi connectivity index (χ1v) is 10.7. The predicted octanol–water partition coefficient (Wildman–Crippen LogP) is 5.26. The van der Waals surface area contributed by atoms with E-state index in [1.807, 2.05) is 39.0 Å². The van der Waals surface area contributed by atoms with Crippen LogP contribution in [0.5, 0.6) is 0 Å². The molecule has 32 heavy (non-hydrogen) atoms. The minimum atomic E-state index is -0.564. The molecule has 1 aliphatic rings. The van der Waals surface area contributed by atoms with Gasteiger partial charge in [0, 0.05) is 28.9 Å². The first kappa shape index (κ1) is 21.8. The second kappa shape index (κ2) is 9.01. The maximum atomic E-state index is 12.5. The number of carbonyl (C=O) groups is 1. The lowest BCUT2D eigenvalue weighted by Crippen LogP contribution is -2.36. The summed E-state index contributed by atoms with van der Waals surface area (Å²) in [6.07, 6.45) is 2.87. The SMILES string of the molecule is CC(C)(C)OC(=O)N1CCCC1c1nc(-c2ccc(C#Cc3cccc(Cl)c3)cn2)no1. The number of hydrogen-bond acceptors (Lipinski definition) is 6. The molecule has 0 N–H and O–H groups in total. The second-order valence-corrected chi connectivity index (χ2v) is 8.92. The van der Waals surface area contributed by atoms with Crippen LogP contribution in [0.25, 0.3) is 11.5 Å². The molecule has 0 radical (unpaired) electrons. The monoisotopic (exact) mass is 450 g/mol. The minimum Gasteiger partial charge on any atom is -0.444 e. The quantitative estimate of drug-likeness (QED) is 0.495. The van der Waals surface area contributed by atoms with E-state index in [-0.39, 0.29) is 12.1 Å². The van der Waals surface area contributed by atoms with Gasteiger partial charge in [0.15, 0.2) is 0 Å². The highest BCUT2D eigenvalue weighted by atomic mass is 35.5. The molecule has 0 aliphatic carbocycles. The van der Waals surface area contributed by atoms with Gasteiger partial charge in [-0.15, -0.1) is 0 Å². The van der Waals surface area contributed by atoms with Crippen LogP contribution >= 0.6 is 11.6 Å². The standard InChI is InChI=1S/C24H23ClN4O3/c1-24(2,3)31-23(30)29-13-5-8-20(29)22-27-21(28-32-22)19-12-11-17(15-26-19)10-9-16-6-4-7-18(25)14-16/h4,6-7,11-12,14-15,20H,5,8,13H2,1-3H3. The Kier molecular flexibility index (Phi) is 6.15. The van der Waals surface area contributed by atoms with Crippen LogP contribution in [0.2, 0.25) is 5.02 Å². The molecule has 0 saturated carbocycles. The Morgan fingerprint density at radius 3 is 2.75 bits per heavy atom. The summed E-state index contributed by atoms with van der Waals surface area (Å²) in [5.74, 6) is 6.87. The topological polar surface area (TPSA) is 81.4 Å². The minimum absolute atomic E-state index is 0.297. The van der Waals surface area contributed by atoms with Gasteiger partial charge in [0.25, 0.3) is 0 Å². The van der Waals surface area contributed by atoms with Crippen LogP contribution in [0.4, 0.5) is 4.79 Å². The number of rotatable bonds is 2. The molecule has 3 aromatic rings.